The van der Waals surface area contributed by atoms with Crippen LogP contribution in [0.1, 0.15) is 38.7 Å². The number of nitrogens with one attached hydrogen (secondary N) is 1. The molecule has 4 nitrogen and oxygen atoms in total. The van der Waals surface area contributed by atoms with Crippen LogP contribution >= 0.6 is 24.8 Å². The van der Waals surface area contributed by atoms with Gasteiger partial charge >= 0.3 is 0 Å². The summed E-state index contributed by atoms with van der Waals surface area (Å²) in [7, 11) is 0. The van der Waals surface area contributed by atoms with Crippen molar-refractivity contribution in [2.45, 2.75) is 51.2 Å². The van der Waals surface area contributed by atoms with Crippen molar-refractivity contribution in [3.63, 3.8) is 0 Å². The highest BCUT2D eigenvalue weighted by Crippen LogP contribution is 2.19. The first-order chi connectivity index (χ1) is 9.97. The Balaban J connectivity index is 0.00000242. The Kier molecular flexibility index (Phi) is 9.78. The molecule has 1 amide bonds. The molecule has 0 radical (unpaired) electrons. The van der Waals surface area contributed by atoms with Gasteiger partial charge in [0.1, 0.15) is 0 Å². The number of piperidine rings is 1. The summed E-state index contributed by atoms with van der Waals surface area (Å²) in [6.45, 7) is 6.22. The van der Waals surface area contributed by atoms with Gasteiger partial charge in [-0.3, -0.25) is 9.69 Å². The van der Waals surface area contributed by atoms with E-state index in [1.807, 2.05) is 6.07 Å². The minimum atomic E-state index is -0.807. The topological polar surface area (TPSA) is 58.4 Å². The monoisotopic (exact) mass is 361 g/mol. The average molecular weight is 362 g/mol. The molecule has 0 spiro atoms. The first kappa shape index (κ1) is 22.2. The number of carbonyl (C=O) groups is 1. The van der Waals surface area contributed by atoms with E-state index in [4.69, 9.17) is 5.73 Å². The number of rotatable bonds is 5. The molecule has 0 saturated carbocycles. The Morgan fingerprint density at radius 3 is 2.52 bits per heavy atom. The smallest absolute Gasteiger partial charge is 0.239 e. The molecule has 1 aromatic carbocycles. The van der Waals surface area contributed by atoms with E-state index in [1.54, 1.807) is 13.8 Å². The number of likely N-dealkylation sites (tertiary alicyclic amines) is 1. The minimum absolute atomic E-state index is 0. The summed E-state index contributed by atoms with van der Waals surface area (Å²) in [5.74, 6) is -0.0762. The summed E-state index contributed by atoms with van der Waals surface area (Å²) in [6, 6.07) is 10.9. The SMILES string of the molecule is CC(C)(N)C(=O)NCC1CCCCN1Cc1ccccc1.Cl.Cl. The molecule has 1 aromatic rings. The number of carbonyl (C=O) groups excluding carboxylic acids is 1. The quantitative estimate of drug-likeness (QED) is 0.847. The van der Waals surface area contributed by atoms with Gasteiger partial charge in [-0.05, 0) is 38.8 Å². The van der Waals surface area contributed by atoms with Crippen LogP contribution in [0, 0.1) is 0 Å². The summed E-state index contributed by atoms with van der Waals surface area (Å²) in [5.41, 5.74) is 6.35. The molecule has 1 saturated heterocycles. The minimum Gasteiger partial charge on any atom is -0.353 e. The lowest BCUT2D eigenvalue weighted by Crippen LogP contribution is -2.53. The van der Waals surface area contributed by atoms with Crippen LogP contribution < -0.4 is 11.1 Å². The van der Waals surface area contributed by atoms with Gasteiger partial charge in [0, 0.05) is 19.1 Å². The van der Waals surface area contributed by atoms with Crippen LogP contribution in [0.5, 0.6) is 0 Å². The first-order valence-electron chi connectivity index (χ1n) is 7.82. The van der Waals surface area contributed by atoms with E-state index in [-0.39, 0.29) is 30.7 Å². The van der Waals surface area contributed by atoms with Gasteiger partial charge in [0.2, 0.25) is 5.91 Å². The molecule has 3 N–H and O–H groups in total. The molecule has 132 valence electrons. The fraction of sp³-hybridized carbons (Fsp3) is 0.588. The Hall–Kier alpha value is -0.810. The van der Waals surface area contributed by atoms with E-state index in [2.05, 4.69) is 34.5 Å². The molecule has 23 heavy (non-hydrogen) atoms. The average Bonchev–Trinajstić information content (AvgIpc) is 2.46. The number of amides is 1. The van der Waals surface area contributed by atoms with Crippen LogP contribution in [0.3, 0.4) is 0 Å². The van der Waals surface area contributed by atoms with Crippen LogP contribution in [-0.2, 0) is 11.3 Å². The van der Waals surface area contributed by atoms with Gasteiger partial charge in [-0.2, -0.15) is 0 Å². The fourth-order valence-electron chi connectivity index (χ4n) is 2.76. The zero-order valence-corrected chi connectivity index (χ0v) is 15.6. The Morgan fingerprint density at radius 2 is 1.91 bits per heavy atom. The number of nitrogens with two attached hydrogens (primary N) is 1. The second kappa shape index (κ2) is 10.1. The van der Waals surface area contributed by atoms with Gasteiger partial charge in [-0.15, -0.1) is 24.8 Å². The first-order valence-corrected chi connectivity index (χ1v) is 7.82. The number of halogens is 2. The van der Waals surface area contributed by atoms with E-state index in [0.717, 1.165) is 19.5 Å². The molecule has 0 aromatic heterocycles. The molecular formula is C17H29Cl2N3O. The van der Waals surface area contributed by atoms with Gasteiger partial charge in [0.15, 0.2) is 0 Å². The molecule has 1 fully saturated rings. The van der Waals surface area contributed by atoms with Crippen LogP contribution in [0.4, 0.5) is 0 Å². The number of hydrogen-bond donors (Lipinski definition) is 2. The summed E-state index contributed by atoms with van der Waals surface area (Å²) in [5, 5.41) is 3.00. The molecule has 1 heterocycles. The molecule has 1 aliphatic rings. The van der Waals surface area contributed by atoms with Gasteiger partial charge in [-0.1, -0.05) is 36.8 Å². The highest BCUT2D eigenvalue weighted by Gasteiger charge is 2.26. The zero-order valence-electron chi connectivity index (χ0n) is 14.0. The lowest BCUT2D eigenvalue weighted by Gasteiger charge is -2.36. The predicted octanol–water partition coefficient (Wildman–Crippen LogP) is 2.74. The maximum Gasteiger partial charge on any atom is 0.239 e. The third-order valence-corrected chi connectivity index (χ3v) is 4.06. The molecule has 1 atom stereocenters. The van der Waals surface area contributed by atoms with E-state index < -0.39 is 5.54 Å². The Morgan fingerprint density at radius 1 is 1.26 bits per heavy atom. The highest BCUT2D eigenvalue weighted by atomic mass is 35.5. The summed E-state index contributed by atoms with van der Waals surface area (Å²) in [4.78, 5) is 14.4. The van der Waals surface area contributed by atoms with Gasteiger partial charge in [0.25, 0.3) is 0 Å². The highest BCUT2D eigenvalue weighted by molar-refractivity contribution is 5.85. The molecule has 1 unspecified atom stereocenters. The van der Waals surface area contributed by atoms with Crippen molar-refractivity contribution >= 4 is 30.7 Å². The molecular weight excluding hydrogens is 333 g/mol. The van der Waals surface area contributed by atoms with Gasteiger partial charge < -0.3 is 11.1 Å². The van der Waals surface area contributed by atoms with Crippen LogP contribution in [0.2, 0.25) is 0 Å². The molecule has 0 bridgehead atoms. The standard InChI is InChI=1S/C17H27N3O.2ClH/c1-17(2,18)16(21)19-12-15-10-6-7-11-20(15)13-14-8-4-3-5-9-14;;/h3-5,8-9,15H,6-7,10-13,18H2,1-2H3,(H,19,21);2*1H. The van der Waals surface area contributed by atoms with E-state index in [1.165, 1.54) is 18.4 Å². The third-order valence-electron chi connectivity index (χ3n) is 4.06. The van der Waals surface area contributed by atoms with Gasteiger partial charge in [0.05, 0.1) is 5.54 Å². The molecule has 6 heteroatoms. The number of nitrogens with zero attached hydrogens (tertiary/aromatic N) is 1. The normalized spacial score (nSPS) is 18.5. The second-order valence-electron chi connectivity index (χ2n) is 6.54. The number of hydrogen-bond acceptors (Lipinski definition) is 3. The number of benzene rings is 1. The van der Waals surface area contributed by atoms with Crippen LogP contribution in [-0.4, -0.2) is 35.5 Å². The molecule has 0 aliphatic carbocycles. The van der Waals surface area contributed by atoms with E-state index in [0.29, 0.717) is 12.6 Å². The lowest BCUT2D eigenvalue weighted by atomic mass is 10.00. The van der Waals surface area contributed by atoms with Gasteiger partial charge in [-0.25, -0.2) is 0 Å². The van der Waals surface area contributed by atoms with E-state index in [9.17, 15) is 4.79 Å². The van der Waals surface area contributed by atoms with Crippen molar-refractivity contribution < 1.29 is 4.79 Å². The van der Waals surface area contributed by atoms with Crippen LogP contribution in [0.15, 0.2) is 30.3 Å². The molecule has 2 rings (SSSR count). The second-order valence-corrected chi connectivity index (χ2v) is 6.54. The summed E-state index contributed by atoms with van der Waals surface area (Å²) in [6.07, 6.45) is 3.61. The summed E-state index contributed by atoms with van der Waals surface area (Å²) < 4.78 is 0. The van der Waals surface area contributed by atoms with Crippen molar-refractivity contribution in [1.82, 2.24) is 10.2 Å². The van der Waals surface area contributed by atoms with E-state index >= 15 is 0 Å². The largest absolute Gasteiger partial charge is 0.353 e. The lowest BCUT2D eigenvalue weighted by molar-refractivity contribution is -0.125. The maximum absolute atomic E-state index is 11.9. The van der Waals surface area contributed by atoms with Crippen molar-refractivity contribution in [3.05, 3.63) is 35.9 Å². The maximum atomic E-state index is 11.9. The predicted molar refractivity (Wildman–Crippen MR) is 100 cm³/mol. The third kappa shape index (κ3) is 7.08. The Labute approximate surface area is 152 Å². The molecule has 1 aliphatic heterocycles. The summed E-state index contributed by atoms with van der Waals surface area (Å²) >= 11 is 0. The van der Waals surface area contributed by atoms with Crippen molar-refractivity contribution in [2.75, 3.05) is 13.1 Å². The zero-order chi connectivity index (χ0) is 15.3. The van der Waals surface area contributed by atoms with Crippen molar-refractivity contribution in [2.24, 2.45) is 5.73 Å². The van der Waals surface area contributed by atoms with Crippen LogP contribution in [0.25, 0.3) is 0 Å². The van der Waals surface area contributed by atoms with Crippen molar-refractivity contribution in [1.29, 1.82) is 0 Å². The van der Waals surface area contributed by atoms with Crippen molar-refractivity contribution in [3.8, 4) is 0 Å². The Bertz CT molecular complexity index is 463. The fourth-order valence-corrected chi connectivity index (χ4v) is 2.76.